The number of hydrogen-bond donors (Lipinski definition) is 16. The van der Waals surface area contributed by atoms with Crippen LogP contribution in [0.2, 0.25) is 0 Å². The largest absolute Gasteiger partial charge is 0.481 e. The number of aliphatic carboxylic acids is 2. The van der Waals surface area contributed by atoms with Gasteiger partial charge in [-0.05, 0) is 43.9 Å². The Labute approximate surface area is 401 Å². The van der Waals surface area contributed by atoms with E-state index in [9.17, 15) is 77.3 Å². The Balaban J connectivity index is 6.39. The second kappa shape index (κ2) is 32.3. The number of amides is 12. The topological polar surface area (TPSA) is 512 Å². The van der Waals surface area contributed by atoms with E-state index in [0.717, 1.165) is 0 Å². The quantitative estimate of drug-likeness (QED) is 0.0280. The molecular formula is C40H67N13O17. The Morgan fingerprint density at radius 3 is 1.23 bits per heavy atom. The molecule has 0 fully saturated rings. The van der Waals surface area contributed by atoms with Gasteiger partial charge in [0, 0.05) is 25.7 Å². The predicted octanol–water partition coefficient (Wildman–Crippen LogP) is -7.99. The van der Waals surface area contributed by atoms with Crippen LogP contribution >= 0.6 is 0 Å². The molecule has 70 heavy (non-hydrogen) atoms. The van der Waals surface area contributed by atoms with Crippen LogP contribution in [-0.4, -0.2) is 167 Å². The molecule has 7 atom stereocenters. The van der Waals surface area contributed by atoms with Crippen LogP contribution in [0.1, 0.15) is 85.5 Å². The standard InChI is InChI=1S/C40H67N13O17/c1-18(2)13-24(51-37(67)22(7-11-28(44)57)50-40(70)33(19(3)4)53-34(64)20(41)5-9-26(42)55)39(69)49-21(6-10-27(43)56)36(66)48-23(8-12-31(60)61)38(68)52-25(17-54)35(65)47-15-30(59)45-14-29(58)46-16-32(62)63/h18-25,33,54H,5-17,41H2,1-4H3,(H2,42,55)(H2,43,56)(H2,44,57)(H,45,59)(H,46,58)(H,47,65)(H,48,66)(H,49,69)(H,50,70)(H,51,67)(H,52,68)(H,53,64)(H,60,61)(H,62,63)/t20-,21-,22-,23-,24-,25-,33-/m0/s1. The summed E-state index contributed by atoms with van der Waals surface area (Å²) in [5, 5.41) is 48.0. The number of rotatable bonds is 35. The summed E-state index contributed by atoms with van der Waals surface area (Å²) in [6.45, 7) is 3.17. The van der Waals surface area contributed by atoms with Crippen LogP contribution in [0.4, 0.5) is 0 Å². The normalized spacial score (nSPS) is 13.8. The van der Waals surface area contributed by atoms with Gasteiger partial charge in [-0.1, -0.05) is 27.7 Å². The van der Waals surface area contributed by atoms with E-state index in [1.807, 2.05) is 5.32 Å². The van der Waals surface area contributed by atoms with Crippen LogP contribution < -0.4 is 70.8 Å². The third-order valence-corrected chi connectivity index (χ3v) is 9.65. The van der Waals surface area contributed by atoms with E-state index in [2.05, 4.69) is 42.5 Å². The maximum atomic E-state index is 13.9. The number of carboxylic acids is 2. The van der Waals surface area contributed by atoms with E-state index in [0.29, 0.717) is 0 Å². The molecule has 0 heterocycles. The van der Waals surface area contributed by atoms with Crippen molar-refractivity contribution in [1.82, 2.24) is 47.9 Å². The Morgan fingerprint density at radius 1 is 0.429 bits per heavy atom. The second-order valence-corrected chi connectivity index (χ2v) is 16.6. The molecule has 0 rings (SSSR count). The van der Waals surface area contributed by atoms with Crippen molar-refractivity contribution >= 4 is 82.8 Å². The molecule has 0 saturated carbocycles. The van der Waals surface area contributed by atoms with Gasteiger partial charge < -0.3 is 86.1 Å². The van der Waals surface area contributed by atoms with Crippen LogP contribution in [0.25, 0.3) is 0 Å². The zero-order chi connectivity index (χ0) is 53.8. The molecule has 394 valence electrons. The lowest BCUT2D eigenvalue weighted by molar-refractivity contribution is -0.139. The van der Waals surface area contributed by atoms with Crippen LogP contribution in [0.5, 0.6) is 0 Å². The minimum absolute atomic E-state index is 0.121. The van der Waals surface area contributed by atoms with Gasteiger partial charge in [0.2, 0.25) is 70.9 Å². The summed E-state index contributed by atoms with van der Waals surface area (Å²) in [6, 6.07) is -10.9. The van der Waals surface area contributed by atoms with Gasteiger partial charge in [0.05, 0.1) is 25.7 Å². The van der Waals surface area contributed by atoms with Crippen LogP contribution in [0.3, 0.4) is 0 Å². The average molecular weight is 1000 g/mol. The molecule has 12 amide bonds. The number of aliphatic hydroxyl groups excluding tert-OH is 1. The average Bonchev–Trinajstić information content (AvgIpc) is 3.26. The zero-order valence-electron chi connectivity index (χ0n) is 39.3. The van der Waals surface area contributed by atoms with Gasteiger partial charge in [0.15, 0.2) is 0 Å². The van der Waals surface area contributed by atoms with Crippen molar-refractivity contribution in [3.63, 3.8) is 0 Å². The Hall–Kier alpha value is -7.50. The first-order chi connectivity index (χ1) is 32.6. The highest BCUT2D eigenvalue weighted by molar-refractivity contribution is 5.98. The van der Waals surface area contributed by atoms with E-state index >= 15 is 0 Å². The molecule has 0 spiro atoms. The lowest BCUT2D eigenvalue weighted by Gasteiger charge is -2.28. The van der Waals surface area contributed by atoms with Crippen LogP contribution in [0.15, 0.2) is 0 Å². The van der Waals surface area contributed by atoms with Gasteiger partial charge in [-0.25, -0.2) is 0 Å². The second-order valence-electron chi connectivity index (χ2n) is 16.6. The molecule has 0 aliphatic rings. The lowest BCUT2D eigenvalue weighted by Crippen LogP contribution is -2.60. The third-order valence-electron chi connectivity index (χ3n) is 9.65. The molecule has 0 aliphatic heterocycles. The number of aliphatic hydroxyl groups is 1. The molecule has 0 aromatic rings. The monoisotopic (exact) mass is 1000 g/mol. The van der Waals surface area contributed by atoms with Crippen molar-refractivity contribution in [3.05, 3.63) is 0 Å². The summed E-state index contributed by atoms with van der Waals surface area (Å²) >= 11 is 0. The fourth-order valence-electron chi connectivity index (χ4n) is 5.89. The maximum Gasteiger partial charge on any atom is 0.322 e. The Kier molecular flexibility index (Phi) is 28.8. The molecule has 0 radical (unpaired) electrons. The highest BCUT2D eigenvalue weighted by atomic mass is 16.4. The van der Waals surface area contributed by atoms with Crippen molar-refractivity contribution < 1.29 is 82.4 Å². The molecule has 20 N–H and O–H groups in total. The summed E-state index contributed by atoms with van der Waals surface area (Å²) in [4.78, 5) is 175. The van der Waals surface area contributed by atoms with Gasteiger partial charge in [-0.2, -0.15) is 0 Å². The summed E-state index contributed by atoms with van der Waals surface area (Å²) in [6.07, 6.45) is -3.75. The lowest BCUT2D eigenvalue weighted by atomic mass is 9.99. The van der Waals surface area contributed by atoms with Gasteiger partial charge in [-0.15, -0.1) is 0 Å². The first kappa shape index (κ1) is 62.5. The molecule has 0 saturated heterocycles. The molecule has 30 heteroatoms. The fraction of sp³-hybridized carbons (Fsp3) is 0.650. The number of carbonyl (C=O) groups excluding carboxylic acids is 12. The summed E-state index contributed by atoms with van der Waals surface area (Å²) < 4.78 is 0. The van der Waals surface area contributed by atoms with Crippen molar-refractivity contribution in [1.29, 1.82) is 0 Å². The van der Waals surface area contributed by atoms with Crippen molar-refractivity contribution in [3.8, 4) is 0 Å². The van der Waals surface area contributed by atoms with Crippen molar-refractivity contribution in [2.45, 2.75) is 128 Å². The predicted molar refractivity (Wildman–Crippen MR) is 240 cm³/mol. The molecule has 0 aromatic carbocycles. The molecule has 0 aliphatic carbocycles. The Bertz CT molecular complexity index is 1920. The van der Waals surface area contributed by atoms with Crippen molar-refractivity contribution in [2.24, 2.45) is 34.8 Å². The summed E-state index contributed by atoms with van der Waals surface area (Å²) in [5.41, 5.74) is 21.6. The van der Waals surface area contributed by atoms with Gasteiger partial charge in [0.25, 0.3) is 0 Å². The SMILES string of the molecule is CC(C)C[C@H](NC(=O)[C@H](CCC(N)=O)NC(=O)[C@@H](NC(=O)[C@@H](N)CCC(N)=O)C(C)C)C(=O)N[C@@H](CCC(N)=O)C(=O)N[C@@H](CCC(=O)O)C(=O)N[C@@H](CO)C(=O)NCC(=O)NCC(=O)NCC(=O)O. The van der Waals surface area contributed by atoms with Crippen LogP contribution in [0, 0.1) is 11.8 Å². The summed E-state index contributed by atoms with van der Waals surface area (Å²) in [5.74, 6) is -15.4. The minimum Gasteiger partial charge on any atom is -0.481 e. The van der Waals surface area contributed by atoms with Gasteiger partial charge in [0.1, 0.15) is 42.8 Å². The van der Waals surface area contributed by atoms with Gasteiger partial charge >= 0.3 is 11.9 Å². The number of carboxylic acid groups (broad SMARTS) is 2. The number of hydrogen-bond acceptors (Lipinski definition) is 16. The fourth-order valence-corrected chi connectivity index (χ4v) is 5.89. The van der Waals surface area contributed by atoms with Crippen LogP contribution in [-0.2, 0) is 67.1 Å². The molecule has 0 bridgehead atoms. The first-order valence-electron chi connectivity index (χ1n) is 21.9. The minimum atomic E-state index is -1.81. The van der Waals surface area contributed by atoms with E-state index < -0.39 is 196 Å². The Morgan fingerprint density at radius 2 is 0.814 bits per heavy atom. The highest BCUT2D eigenvalue weighted by Gasteiger charge is 2.35. The van der Waals surface area contributed by atoms with E-state index in [1.165, 1.54) is 0 Å². The zero-order valence-corrected chi connectivity index (χ0v) is 39.3. The van der Waals surface area contributed by atoms with Crippen molar-refractivity contribution in [2.75, 3.05) is 26.2 Å². The molecule has 30 nitrogen and oxygen atoms in total. The molecular weight excluding hydrogens is 935 g/mol. The number of primary amides is 3. The number of carbonyl (C=O) groups is 14. The van der Waals surface area contributed by atoms with Gasteiger partial charge in [-0.3, -0.25) is 67.1 Å². The maximum absolute atomic E-state index is 13.9. The molecule has 0 aromatic heterocycles. The number of nitrogens with two attached hydrogens (primary N) is 4. The highest BCUT2D eigenvalue weighted by Crippen LogP contribution is 2.11. The smallest absolute Gasteiger partial charge is 0.322 e. The number of nitrogens with one attached hydrogen (secondary N) is 9. The summed E-state index contributed by atoms with van der Waals surface area (Å²) in [7, 11) is 0. The molecule has 0 unspecified atom stereocenters. The first-order valence-corrected chi connectivity index (χ1v) is 21.9. The van der Waals surface area contributed by atoms with E-state index in [-0.39, 0.29) is 25.2 Å². The third kappa shape index (κ3) is 26.7. The van der Waals surface area contributed by atoms with E-state index in [1.54, 1.807) is 27.7 Å². The van der Waals surface area contributed by atoms with E-state index in [4.69, 9.17) is 28.0 Å².